The van der Waals surface area contributed by atoms with Gasteiger partial charge in [0.25, 0.3) is 0 Å². The Labute approximate surface area is 195 Å². The first-order valence-corrected chi connectivity index (χ1v) is 11.2. The number of amides is 3. The Bertz CT molecular complexity index is 1060. The van der Waals surface area contributed by atoms with Crippen molar-refractivity contribution in [2.24, 2.45) is 0 Å². The number of anilines is 1. The summed E-state index contributed by atoms with van der Waals surface area (Å²) in [5, 5.41) is 5.65. The SMILES string of the molecule is Cc1ccc(NC(=O)[C@@H](C)NC(=O)[C@H]2Cc3ccccc3CN2C(=O)OC(C)(C)C)c(C)c1. The van der Waals surface area contributed by atoms with Gasteiger partial charge < -0.3 is 15.4 Å². The molecule has 33 heavy (non-hydrogen) atoms. The standard InChI is InChI=1S/C26H33N3O4/c1-16-11-12-21(17(2)13-16)28-23(30)18(3)27-24(31)22-14-19-9-7-8-10-20(19)15-29(22)25(32)33-26(4,5)6/h7-13,18,22H,14-15H2,1-6H3,(H,27,31)(H,28,30)/t18-,22-/m1/s1. The summed E-state index contributed by atoms with van der Waals surface area (Å²) >= 11 is 0. The van der Waals surface area contributed by atoms with Crippen molar-refractivity contribution in [1.29, 1.82) is 0 Å². The third-order valence-electron chi connectivity index (χ3n) is 5.57. The first-order chi connectivity index (χ1) is 15.4. The van der Waals surface area contributed by atoms with Crippen LogP contribution in [0.15, 0.2) is 42.5 Å². The van der Waals surface area contributed by atoms with Crippen LogP contribution in [0.25, 0.3) is 0 Å². The molecule has 0 unspecified atom stereocenters. The molecular weight excluding hydrogens is 418 g/mol. The minimum Gasteiger partial charge on any atom is -0.444 e. The predicted molar refractivity (Wildman–Crippen MR) is 128 cm³/mol. The second kappa shape index (κ2) is 9.65. The zero-order chi connectivity index (χ0) is 24.3. The molecule has 2 N–H and O–H groups in total. The molecule has 176 valence electrons. The van der Waals surface area contributed by atoms with Crippen molar-refractivity contribution < 1.29 is 19.1 Å². The van der Waals surface area contributed by atoms with Gasteiger partial charge in [0.2, 0.25) is 11.8 Å². The molecule has 3 rings (SSSR count). The average Bonchev–Trinajstić information content (AvgIpc) is 2.73. The van der Waals surface area contributed by atoms with Crippen molar-refractivity contribution in [1.82, 2.24) is 10.2 Å². The van der Waals surface area contributed by atoms with Gasteiger partial charge in [-0.1, -0.05) is 42.0 Å². The van der Waals surface area contributed by atoms with Crippen molar-refractivity contribution in [3.63, 3.8) is 0 Å². The maximum Gasteiger partial charge on any atom is 0.411 e. The van der Waals surface area contributed by atoms with E-state index >= 15 is 0 Å². The first-order valence-electron chi connectivity index (χ1n) is 11.2. The number of hydrogen-bond acceptors (Lipinski definition) is 4. The minimum atomic E-state index is -0.782. The molecule has 2 aromatic rings. The molecule has 3 amide bonds. The summed E-state index contributed by atoms with van der Waals surface area (Å²) in [6.45, 7) is 11.2. The van der Waals surface area contributed by atoms with Gasteiger partial charge in [0, 0.05) is 12.1 Å². The van der Waals surface area contributed by atoms with E-state index in [4.69, 9.17) is 4.74 Å². The van der Waals surface area contributed by atoms with Crippen molar-refractivity contribution in [2.75, 3.05) is 5.32 Å². The first kappa shape index (κ1) is 24.3. The van der Waals surface area contributed by atoms with E-state index in [-0.39, 0.29) is 12.5 Å². The third kappa shape index (κ3) is 6.12. The van der Waals surface area contributed by atoms with Gasteiger partial charge in [-0.05, 0) is 64.3 Å². The molecular formula is C26H33N3O4. The van der Waals surface area contributed by atoms with Crippen LogP contribution in [0, 0.1) is 13.8 Å². The Hall–Kier alpha value is -3.35. The van der Waals surface area contributed by atoms with Crippen LogP contribution in [-0.4, -0.2) is 40.5 Å². The lowest BCUT2D eigenvalue weighted by Crippen LogP contribution is -2.56. The highest BCUT2D eigenvalue weighted by Crippen LogP contribution is 2.25. The van der Waals surface area contributed by atoms with Crippen LogP contribution in [0.4, 0.5) is 10.5 Å². The molecule has 0 spiro atoms. The van der Waals surface area contributed by atoms with Crippen LogP contribution in [0.2, 0.25) is 0 Å². The molecule has 0 saturated carbocycles. The van der Waals surface area contributed by atoms with Gasteiger partial charge in [-0.3, -0.25) is 14.5 Å². The normalized spacial score (nSPS) is 16.4. The maximum absolute atomic E-state index is 13.2. The Morgan fingerprint density at radius 1 is 1.06 bits per heavy atom. The van der Waals surface area contributed by atoms with Crippen LogP contribution >= 0.6 is 0 Å². The lowest BCUT2D eigenvalue weighted by molar-refractivity contribution is -0.130. The molecule has 7 nitrogen and oxygen atoms in total. The number of fused-ring (bicyclic) bond motifs is 1. The molecule has 1 aliphatic rings. The number of carbonyl (C=O) groups is 3. The number of ether oxygens (including phenoxy) is 1. The second-order valence-electron chi connectivity index (χ2n) is 9.63. The molecule has 0 aliphatic carbocycles. The van der Waals surface area contributed by atoms with Gasteiger partial charge in [-0.15, -0.1) is 0 Å². The Morgan fingerprint density at radius 3 is 2.36 bits per heavy atom. The van der Waals surface area contributed by atoms with Gasteiger partial charge in [0.1, 0.15) is 17.7 Å². The quantitative estimate of drug-likeness (QED) is 0.732. The van der Waals surface area contributed by atoms with Gasteiger partial charge in [0.15, 0.2) is 0 Å². The monoisotopic (exact) mass is 451 g/mol. The summed E-state index contributed by atoms with van der Waals surface area (Å²) in [7, 11) is 0. The summed E-state index contributed by atoms with van der Waals surface area (Å²) in [6, 6.07) is 11.9. The van der Waals surface area contributed by atoms with Gasteiger partial charge in [0.05, 0.1) is 6.54 Å². The van der Waals surface area contributed by atoms with Crippen LogP contribution in [0.3, 0.4) is 0 Å². The number of benzene rings is 2. The van der Waals surface area contributed by atoms with E-state index < -0.39 is 29.7 Å². The number of aryl methyl sites for hydroxylation is 2. The molecule has 1 aliphatic heterocycles. The number of nitrogens with zero attached hydrogens (tertiary/aromatic N) is 1. The minimum absolute atomic E-state index is 0.270. The molecule has 0 aromatic heterocycles. The molecule has 0 radical (unpaired) electrons. The molecule has 0 saturated heterocycles. The summed E-state index contributed by atoms with van der Waals surface area (Å²) < 4.78 is 5.55. The van der Waals surface area contributed by atoms with Crippen LogP contribution in [-0.2, 0) is 27.3 Å². The van der Waals surface area contributed by atoms with E-state index in [1.54, 1.807) is 27.7 Å². The average molecular weight is 452 g/mol. The number of rotatable bonds is 4. The van der Waals surface area contributed by atoms with Crippen molar-refractivity contribution in [2.45, 2.75) is 72.2 Å². The fourth-order valence-corrected chi connectivity index (χ4v) is 3.84. The zero-order valence-electron chi connectivity index (χ0n) is 20.2. The maximum atomic E-state index is 13.2. The molecule has 0 fully saturated rings. The van der Waals surface area contributed by atoms with E-state index in [1.807, 2.05) is 56.3 Å². The highest BCUT2D eigenvalue weighted by molar-refractivity contribution is 5.98. The van der Waals surface area contributed by atoms with E-state index in [1.165, 1.54) is 4.90 Å². The topological polar surface area (TPSA) is 87.7 Å². The van der Waals surface area contributed by atoms with Crippen LogP contribution in [0.1, 0.15) is 49.9 Å². The van der Waals surface area contributed by atoms with E-state index in [0.717, 1.165) is 22.3 Å². The molecule has 2 atom stereocenters. The third-order valence-corrected chi connectivity index (χ3v) is 5.57. The Balaban J connectivity index is 1.74. The molecule has 1 heterocycles. The lowest BCUT2D eigenvalue weighted by Gasteiger charge is -2.37. The summed E-state index contributed by atoms with van der Waals surface area (Å²) in [5.41, 5.74) is 4.05. The number of hydrogen-bond donors (Lipinski definition) is 2. The largest absolute Gasteiger partial charge is 0.444 e. The van der Waals surface area contributed by atoms with Crippen molar-refractivity contribution in [3.05, 3.63) is 64.7 Å². The fourth-order valence-electron chi connectivity index (χ4n) is 3.84. The van der Waals surface area contributed by atoms with Crippen molar-refractivity contribution in [3.8, 4) is 0 Å². The summed E-state index contributed by atoms with van der Waals surface area (Å²) in [6.07, 6.45) is -0.198. The van der Waals surface area contributed by atoms with Gasteiger partial charge in [-0.25, -0.2) is 4.79 Å². The second-order valence-corrected chi connectivity index (χ2v) is 9.63. The Morgan fingerprint density at radius 2 is 1.73 bits per heavy atom. The van der Waals surface area contributed by atoms with Gasteiger partial charge >= 0.3 is 6.09 Å². The van der Waals surface area contributed by atoms with Crippen molar-refractivity contribution >= 4 is 23.6 Å². The molecule has 2 aromatic carbocycles. The van der Waals surface area contributed by atoms with E-state index in [9.17, 15) is 14.4 Å². The zero-order valence-corrected chi connectivity index (χ0v) is 20.2. The summed E-state index contributed by atoms with van der Waals surface area (Å²) in [4.78, 5) is 40.3. The van der Waals surface area contributed by atoms with E-state index in [0.29, 0.717) is 12.1 Å². The van der Waals surface area contributed by atoms with E-state index in [2.05, 4.69) is 10.6 Å². The predicted octanol–water partition coefficient (Wildman–Crippen LogP) is 4.11. The highest BCUT2D eigenvalue weighted by atomic mass is 16.6. The Kier molecular flexibility index (Phi) is 7.10. The molecule has 0 bridgehead atoms. The molecule has 7 heteroatoms. The van der Waals surface area contributed by atoms with Gasteiger partial charge in [-0.2, -0.15) is 0 Å². The number of carbonyl (C=O) groups excluding carboxylic acids is 3. The van der Waals surface area contributed by atoms with Crippen LogP contribution in [0.5, 0.6) is 0 Å². The number of nitrogens with one attached hydrogen (secondary N) is 2. The van der Waals surface area contributed by atoms with Crippen LogP contribution < -0.4 is 10.6 Å². The summed E-state index contributed by atoms with van der Waals surface area (Å²) in [5.74, 6) is -0.714. The fraction of sp³-hybridized carbons (Fsp3) is 0.423. The smallest absolute Gasteiger partial charge is 0.411 e. The lowest BCUT2D eigenvalue weighted by atomic mass is 9.93. The highest BCUT2D eigenvalue weighted by Gasteiger charge is 2.37.